The number of nitrogens with one attached hydrogen (secondary N) is 1. The van der Waals surface area contributed by atoms with Crippen LogP contribution in [0.4, 0.5) is 4.79 Å². The number of benzene rings is 1. The van der Waals surface area contributed by atoms with E-state index in [4.69, 9.17) is 4.74 Å². The lowest BCUT2D eigenvalue weighted by Crippen LogP contribution is -2.48. The first kappa shape index (κ1) is 17.6. The summed E-state index contributed by atoms with van der Waals surface area (Å²) >= 11 is 1.29. The lowest BCUT2D eigenvalue weighted by molar-refractivity contribution is 0.00784. The molecule has 0 bridgehead atoms. The minimum atomic E-state index is -0.317. The van der Waals surface area contributed by atoms with Crippen LogP contribution in [0.25, 0.3) is 5.69 Å². The van der Waals surface area contributed by atoms with Gasteiger partial charge in [-0.25, -0.2) is 14.5 Å². The molecule has 1 atom stereocenters. The number of nitrogens with zero attached hydrogens (tertiary/aromatic N) is 6. The van der Waals surface area contributed by atoms with Gasteiger partial charge in [0.15, 0.2) is 5.82 Å². The lowest BCUT2D eigenvalue weighted by Gasteiger charge is -2.34. The lowest BCUT2D eigenvalue weighted by atomic mass is 10.2. The summed E-state index contributed by atoms with van der Waals surface area (Å²) in [6.07, 6.45) is 1.50. The van der Waals surface area contributed by atoms with E-state index in [1.54, 1.807) is 9.58 Å². The van der Waals surface area contributed by atoms with E-state index in [-0.39, 0.29) is 12.1 Å². The summed E-state index contributed by atoms with van der Waals surface area (Å²) in [5.41, 5.74) is 1.73. The maximum atomic E-state index is 12.8. The molecule has 9 nitrogen and oxygen atoms in total. The standard InChI is InChI=1S/C17H19N7O2S/c1-12-15(27-22-21-12)9-18-17(25)23-7-8-26-10-14(23)16-19-11-20-24(16)13-5-3-2-4-6-13/h2-6,11,14H,7-10H2,1H3,(H,18,25). The normalized spacial score (nSPS) is 17.1. The number of carbonyl (C=O) groups is 1. The number of ether oxygens (including phenoxy) is 1. The van der Waals surface area contributed by atoms with E-state index < -0.39 is 0 Å². The summed E-state index contributed by atoms with van der Waals surface area (Å²) in [5, 5.41) is 11.3. The Morgan fingerprint density at radius 1 is 1.37 bits per heavy atom. The van der Waals surface area contributed by atoms with Gasteiger partial charge in [0, 0.05) is 6.54 Å². The Hall–Kier alpha value is -2.85. The summed E-state index contributed by atoms with van der Waals surface area (Å²) < 4.78 is 11.3. The summed E-state index contributed by atoms with van der Waals surface area (Å²) in [7, 11) is 0. The van der Waals surface area contributed by atoms with Gasteiger partial charge in [0.1, 0.15) is 12.4 Å². The molecule has 140 valence electrons. The zero-order chi connectivity index (χ0) is 18.6. The molecule has 1 saturated heterocycles. The third-order valence-electron chi connectivity index (χ3n) is 4.41. The first-order chi connectivity index (χ1) is 13.2. The molecule has 4 rings (SSSR count). The second-order valence-corrected chi connectivity index (χ2v) is 6.93. The van der Waals surface area contributed by atoms with Crippen molar-refractivity contribution in [2.75, 3.05) is 19.8 Å². The Morgan fingerprint density at radius 3 is 3.00 bits per heavy atom. The van der Waals surface area contributed by atoms with Crippen LogP contribution in [-0.2, 0) is 11.3 Å². The minimum Gasteiger partial charge on any atom is -0.377 e. The summed E-state index contributed by atoms with van der Waals surface area (Å²) in [6, 6.07) is 9.24. The third-order valence-corrected chi connectivity index (χ3v) is 5.23. The van der Waals surface area contributed by atoms with Gasteiger partial charge in [0.2, 0.25) is 0 Å². The third kappa shape index (κ3) is 3.67. The van der Waals surface area contributed by atoms with Crippen molar-refractivity contribution in [1.82, 2.24) is 34.6 Å². The van der Waals surface area contributed by atoms with Crippen molar-refractivity contribution in [2.45, 2.75) is 19.5 Å². The number of para-hydroxylation sites is 1. The summed E-state index contributed by atoms with van der Waals surface area (Å²) in [6.45, 7) is 3.63. The molecule has 0 aliphatic carbocycles. The highest BCUT2D eigenvalue weighted by Crippen LogP contribution is 2.24. The van der Waals surface area contributed by atoms with Crippen LogP contribution in [0, 0.1) is 6.92 Å². The predicted octanol–water partition coefficient (Wildman–Crippen LogP) is 1.71. The number of hydrogen-bond acceptors (Lipinski definition) is 7. The molecule has 1 N–H and O–H groups in total. The smallest absolute Gasteiger partial charge is 0.318 e. The maximum absolute atomic E-state index is 12.8. The first-order valence-electron chi connectivity index (χ1n) is 8.59. The first-order valence-corrected chi connectivity index (χ1v) is 9.37. The van der Waals surface area contributed by atoms with E-state index in [1.807, 2.05) is 37.3 Å². The highest BCUT2D eigenvalue weighted by Gasteiger charge is 2.32. The number of hydrogen-bond donors (Lipinski definition) is 1. The number of amides is 2. The molecule has 0 saturated carbocycles. The van der Waals surface area contributed by atoms with Crippen molar-refractivity contribution in [2.24, 2.45) is 0 Å². The Labute approximate surface area is 160 Å². The maximum Gasteiger partial charge on any atom is 0.318 e. The van der Waals surface area contributed by atoms with Crippen molar-refractivity contribution in [3.05, 3.63) is 53.1 Å². The monoisotopic (exact) mass is 385 g/mol. The number of urea groups is 1. The van der Waals surface area contributed by atoms with Crippen LogP contribution < -0.4 is 5.32 Å². The number of morpholine rings is 1. The van der Waals surface area contributed by atoms with E-state index in [0.717, 1.165) is 16.3 Å². The average Bonchev–Trinajstić information content (AvgIpc) is 3.36. The van der Waals surface area contributed by atoms with Crippen molar-refractivity contribution >= 4 is 17.6 Å². The number of rotatable bonds is 4. The molecular formula is C17H19N7O2S. The molecule has 27 heavy (non-hydrogen) atoms. The van der Waals surface area contributed by atoms with Crippen molar-refractivity contribution in [3.8, 4) is 5.69 Å². The van der Waals surface area contributed by atoms with Crippen LogP contribution in [0.15, 0.2) is 36.7 Å². The van der Waals surface area contributed by atoms with E-state index in [2.05, 4.69) is 25.0 Å². The fourth-order valence-electron chi connectivity index (χ4n) is 2.98. The van der Waals surface area contributed by atoms with Gasteiger partial charge in [0.05, 0.1) is 36.0 Å². The van der Waals surface area contributed by atoms with Crippen LogP contribution in [-0.4, -0.2) is 55.0 Å². The topological polar surface area (TPSA) is 98.1 Å². The van der Waals surface area contributed by atoms with Crippen LogP contribution in [0.5, 0.6) is 0 Å². The fraction of sp³-hybridized carbons (Fsp3) is 0.353. The van der Waals surface area contributed by atoms with Crippen LogP contribution in [0.3, 0.4) is 0 Å². The minimum absolute atomic E-state index is 0.168. The molecule has 1 aromatic carbocycles. The van der Waals surface area contributed by atoms with Gasteiger partial charge < -0.3 is 15.0 Å². The molecule has 2 amide bonds. The fourth-order valence-corrected chi connectivity index (χ4v) is 3.55. The quantitative estimate of drug-likeness (QED) is 0.734. The summed E-state index contributed by atoms with van der Waals surface area (Å²) in [4.78, 5) is 19.9. The summed E-state index contributed by atoms with van der Waals surface area (Å²) in [5.74, 6) is 0.673. The molecule has 0 radical (unpaired) electrons. The molecule has 1 fully saturated rings. The zero-order valence-electron chi connectivity index (χ0n) is 14.8. The Balaban J connectivity index is 1.54. The van der Waals surface area contributed by atoms with Gasteiger partial charge in [-0.3, -0.25) is 0 Å². The van der Waals surface area contributed by atoms with Crippen molar-refractivity contribution in [3.63, 3.8) is 0 Å². The zero-order valence-corrected chi connectivity index (χ0v) is 15.6. The second-order valence-electron chi connectivity index (χ2n) is 6.09. The number of aryl methyl sites for hydroxylation is 1. The van der Waals surface area contributed by atoms with E-state index in [1.165, 1.54) is 17.9 Å². The molecule has 3 heterocycles. The van der Waals surface area contributed by atoms with E-state index in [9.17, 15) is 4.79 Å². The molecule has 0 spiro atoms. The number of aromatic nitrogens is 5. The Kier molecular flexibility index (Phi) is 5.07. The van der Waals surface area contributed by atoms with Gasteiger partial charge in [-0.2, -0.15) is 5.10 Å². The average molecular weight is 385 g/mol. The van der Waals surface area contributed by atoms with Crippen molar-refractivity contribution < 1.29 is 9.53 Å². The molecular weight excluding hydrogens is 366 g/mol. The largest absolute Gasteiger partial charge is 0.377 e. The highest BCUT2D eigenvalue weighted by atomic mass is 32.1. The van der Waals surface area contributed by atoms with Crippen LogP contribution in [0.2, 0.25) is 0 Å². The highest BCUT2D eigenvalue weighted by molar-refractivity contribution is 7.05. The van der Waals surface area contributed by atoms with Gasteiger partial charge >= 0.3 is 6.03 Å². The van der Waals surface area contributed by atoms with Crippen LogP contribution in [0.1, 0.15) is 22.4 Å². The molecule has 1 aliphatic rings. The molecule has 3 aromatic rings. The Bertz CT molecular complexity index is 911. The number of carbonyl (C=O) groups excluding carboxylic acids is 1. The van der Waals surface area contributed by atoms with Gasteiger partial charge in [-0.05, 0) is 30.6 Å². The predicted molar refractivity (Wildman–Crippen MR) is 98.5 cm³/mol. The molecule has 1 aliphatic heterocycles. The second kappa shape index (κ2) is 7.80. The molecule has 10 heteroatoms. The Morgan fingerprint density at radius 2 is 2.22 bits per heavy atom. The van der Waals surface area contributed by atoms with Gasteiger partial charge in [-0.1, -0.05) is 22.7 Å². The van der Waals surface area contributed by atoms with E-state index in [0.29, 0.717) is 32.1 Å². The van der Waals surface area contributed by atoms with Crippen LogP contribution >= 0.6 is 11.5 Å². The van der Waals surface area contributed by atoms with Gasteiger partial charge in [0.25, 0.3) is 0 Å². The van der Waals surface area contributed by atoms with Gasteiger partial charge in [-0.15, -0.1) is 5.10 Å². The molecule has 2 aromatic heterocycles. The molecule has 1 unspecified atom stereocenters. The van der Waals surface area contributed by atoms with Crippen molar-refractivity contribution in [1.29, 1.82) is 0 Å². The van der Waals surface area contributed by atoms with E-state index >= 15 is 0 Å². The SMILES string of the molecule is Cc1nnsc1CNC(=O)N1CCOCC1c1ncnn1-c1ccccc1.